The molecule has 7 heteroatoms. The molecule has 0 fully saturated rings. The highest BCUT2D eigenvalue weighted by Crippen LogP contribution is 2.29. The summed E-state index contributed by atoms with van der Waals surface area (Å²) >= 11 is 9.10. The minimum absolute atomic E-state index is 0.142. The molecule has 0 bridgehead atoms. The van der Waals surface area contributed by atoms with E-state index in [2.05, 4.69) is 26.2 Å². The van der Waals surface area contributed by atoms with E-state index in [0.29, 0.717) is 21.7 Å². The molecule has 0 saturated carbocycles. The van der Waals surface area contributed by atoms with Gasteiger partial charge in [0.15, 0.2) is 11.6 Å². The van der Waals surface area contributed by atoms with Gasteiger partial charge in [0.1, 0.15) is 0 Å². The summed E-state index contributed by atoms with van der Waals surface area (Å²) in [5.41, 5.74) is 0.576. The first-order valence-corrected chi connectivity index (χ1v) is 7.37. The number of hydrogen-bond donors (Lipinski definition) is 1. The van der Waals surface area contributed by atoms with Gasteiger partial charge in [0.05, 0.1) is 10.7 Å². The summed E-state index contributed by atoms with van der Waals surface area (Å²) in [5.74, 6) is -2.17. The number of aromatic nitrogens is 1. The fourth-order valence-corrected chi connectivity index (χ4v) is 2.19. The van der Waals surface area contributed by atoms with Crippen molar-refractivity contribution in [3.05, 3.63) is 51.1 Å². The second-order valence-electron chi connectivity index (χ2n) is 4.16. The van der Waals surface area contributed by atoms with Gasteiger partial charge < -0.3 is 10.1 Å². The SMILES string of the molecule is CCNCc1nc(Oc2cc(Br)cc(F)c2F)ccc1Cl. The lowest BCUT2D eigenvalue weighted by Gasteiger charge is -2.10. The molecule has 1 heterocycles. The molecule has 0 aliphatic rings. The van der Waals surface area contributed by atoms with Crippen molar-refractivity contribution in [3.63, 3.8) is 0 Å². The Kier molecular flexibility index (Phi) is 5.50. The van der Waals surface area contributed by atoms with Gasteiger partial charge in [-0.25, -0.2) is 9.37 Å². The number of rotatable bonds is 5. The topological polar surface area (TPSA) is 34.2 Å². The van der Waals surface area contributed by atoms with Crippen molar-refractivity contribution >= 4 is 27.5 Å². The molecule has 21 heavy (non-hydrogen) atoms. The Morgan fingerprint density at radius 2 is 2.10 bits per heavy atom. The van der Waals surface area contributed by atoms with Crippen LogP contribution in [0.2, 0.25) is 5.02 Å². The number of nitrogens with zero attached hydrogens (tertiary/aromatic N) is 1. The van der Waals surface area contributed by atoms with Gasteiger partial charge in [-0.15, -0.1) is 0 Å². The summed E-state index contributed by atoms with van der Waals surface area (Å²) < 4.78 is 32.7. The van der Waals surface area contributed by atoms with Crippen LogP contribution < -0.4 is 10.1 Å². The van der Waals surface area contributed by atoms with Crippen molar-refractivity contribution in [1.29, 1.82) is 0 Å². The maximum absolute atomic E-state index is 13.7. The fourth-order valence-electron chi connectivity index (χ4n) is 1.61. The average Bonchev–Trinajstić information content (AvgIpc) is 2.44. The first kappa shape index (κ1) is 16.1. The zero-order valence-electron chi connectivity index (χ0n) is 11.1. The maximum Gasteiger partial charge on any atom is 0.219 e. The Morgan fingerprint density at radius 1 is 1.33 bits per heavy atom. The molecule has 0 spiro atoms. The van der Waals surface area contributed by atoms with Crippen LogP contribution in [0.5, 0.6) is 11.6 Å². The number of ether oxygens (including phenoxy) is 1. The highest BCUT2D eigenvalue weighted by Gasteiger charge is 2.13. The molecule has 0 radical (unpaired) electrons. The molecule has 1 aromatic heterocycles. The van der Waals surface area contributed by atoms with Crippen molar-refractivity contribution in [2.24, 2.45) is 0 Å². The first-order valence-electron chi connectivity index (χ1n) is 6.19. The molecule has 0 aliphatic carbocycles. The van der Waals surface area contributed by atoms with Crippen molar-refractivity contribution in [2.75, 3.05) is 6.54 Å². The lowest BCUT2D eigenvalue weighted by molar-refractivity contribution is 0.403. The summed E-state index contributed by atoms with van der Waals surface area (Å²) in [6.45, 7) is 3.17. The van der Waals surface area contributed by atoms with Gasteiger partial charge in [0, 0.05) is 17.1 Å². The smallest absolute Gasteiger partial charge is 0.219 e. The number of benzene rings is 1. The zero-order chi connectivity index (χ0) is 15.4. The van der Waals surface area contributed by atoms with Crippen LogP contribution in [0.4, 0.5) is 8.78 Å². The summed E-state index contributed by atoms with van der Waals surface area (Å²) in [6, 6.07) is 5.45. The number of hydrogen-bond acceptors (Lipinski definition) is 3. The standard InChI is InChI=1S/C14H12BrClF2N2O/c1-2-19-7-11-9(16)3-4-13(20-11)21-12-6-8(15)5-10(17)14(12)18/h3-6,19H,2,7H2,1H3. The molecule has 0 saturated heterocycles. The second-order valence-corrected chi connectivity index (χ2v) is 5.48. The third kappa shape index (κ3) is 4.12. The summed E-state index contributed by atoms with van der Waals surface area (Å²) in [4.78, 5) is 4.18. The largest absolute Gasteiger partial charge is 0.436 e. The van der Waals surface area contributed by atoms with E-state index < -0.39 is 11.6 Å². The van der Waals surface area contributed by atoms with Gasteiger partial charge in [-0.3, -0.25) is 0 Å². The molecule has 0 aliphatic heterocycles. The Hall–Kier alpha value is -1.24. The zero-order valence-corrected chi connectivity index (χ0v) is 13.4. The highest BCUT2D eigenvalue weighted by atomic mass is 79.9. The Bertz CT molecular complexity index is 655. The van der Waals surface area contributed by atoms with E-state index in [1.165, 1.54) is 12.1 Å². The molecule has 0 unspecified atom stereocenters. The van der Waals surface area contributed by atoms with Crippen LogP contribution >= 0.6 is 27.5 Å². The molecular formula is C14H12BrClF2N2O. The minimum Gasteiger partial charge on any atom is -0.436 e. The van der Waals surface area contributed by atoms with Crippen molar-refractivity contribution in [3.8, 4) is 11.6 Å². The lowest BCUT2D eigenvalue weighted by atomic mass is 10.3. The lowest BCUT2D eigenvalue weighted by Crippen LogP contribution is -2.13. The van der Waals surface area contributed by atoms with E-state index in [4.69, 9.17) is 16.3 Å². The summed E-state index contributed by atoms with van der Waals surface area (Å²) in [5, 5.41) is 3.56. The Balaban J connectivity index is 2.27. The second kappa shape index (κ2) is 7.15. The molecule has 1 aromatic carbocycles. The molecular weight excluding hydrogens is 366 g/mol. The summed E-state index contributed by atoms with van der Waals surface area (Å²) in [7, 11) is 0. The number of nitrogens with one attached hydrogen (secondary N) is 1. The van der Waals surface area contributed by atoms with Gasteiger partial charge in [-0.05, 0) is 24.7 Å². The van der Waals surface area contributed by atoms with Crippen LogP contribution in [0.25, 0.3) is 0 Å². The Morgan fingerprint density at radius 3 is 2.81 bits per heavy atom. The highest BCUT2D eigenvalue weighted by molar-refractivity contribution is 9.10. The van der Waals surface area contributed by atoms with Gasteiger partial charge in [0.25, 0.3) is 0 Å². The van der Waals surface area contributed by atoms with E-state index >= 15 is 0 Å². The third-order valence-corrected chi connectivity index (χ3v) is 3.41. The van der Waals surface area contributed by atoms with E-state index in [1.807, 2.05) is 6.92 Å². The van der Waals surface area contributed by atoms with E-state index in [-0.39, 0.29) is 11.6 Å². The van der Waals surface area contributed by atoms with E-state index in [0.717, 1.165) is 12.6 Å². The van der Waals surface area contributed by atoms with Crippen LogP contribution in [-0.2, 0) is 6.54 Å². The van der Waals surface area contributed by atoms with Gasteiger partial charge in [-0.2, -0.15) is 4.39 Å². The first-order chi connectivity index (χ1) is 10.0. The third-order valence-electron chi connectivity index (χ3n) is 2.61. The molecule has 2 rings (SSSR count). The number of halogens is 4. The minimum atomic E-state index is -1.07. The van der Waals surface area contributed by atoms with Gasteiger partial charge >= 0.3 is 0 Å². The van der Waals surface area contributed by atoms with Crippen LogP contribution in [0.1, 0.15) is 12.6 Å². The monoisotopic (exact) mass is 376 g/mol. The fraction of sp³-hybridized carbons (Fsp3) is 0.214. The van der Waals surface area contributed by atoms with Crippen molar-refractivity contribution in [2.45, 2.75) is 13.5 Å². The quantitative estimate of drug-likeness (QED) is 0.768. The normalized spacial score (nSPS) is 10.7. The molecule has 1 N–H and O–H groups in total. The van der Waals surface area contributed by atoms with Crippen LogP contribution in [0.3, 0.4) is 0 Å². The van der Waals surface area contributed by atoms with Crippen molar-refractivity contribution in [1.82, 2.24) is 10.3 Å². The predicted octanol–water partition coefficient (Wildman–Crippen LogP) is 4.68. The molecule has 112 valence electrons. The molecule has 0 atom stereocenters. The van der Waals surface area contributed by atoms with Gasteiger partial charge in [0.2, 0.25) is 11.7 Å². The van der Waals surface area contributed by atoms with E-state index in [1.54, 1.807) is 6.07 Å². The number of pyridine rings is 1. The van der Waals surface area contributed by atoms with E-state index in [9.17, 15) is 8.78 Å². The van der Waals surface area contributed by atoms with Crippen LogP contribution in [0, 0.1) is 11.6 Å². The average molecular weight is 378 g/mol. The maximum atomic E-state index is 13.7. The Labute approximate surface area is 134 Å². The summed E-state index contributed by atoms with van der Waals surface area (Å²) in [6.07, 6.45) is 0. The van der Waals surface area contributed by atoms with Crippen molar-refractivity contribution < 1.29 is 13.5 Å². The molecule has 3 nitrogen and oxygen atoms in total. The van der Waals surface area contributed by atoms with Gasteiger partial charge in [-0.1, -0.05) is 34.5 Å². The predicted molar refractivity (Wildman–Crippen MR) is 80.8 cm³/mol. The molecule has 2 aromatic rings. The van der Waals surface area contributed by atoms with Crippen LogP contribution in [-0.4, -0.2) is 11.5 Å². The van der Waals surface area contributed by atoms with Crippen LogP contribution in [0.15, 0.2) is 28.7 Å². The molecule has 0 amide bonds.